The van der Waals surface area contributed by atoms with Crippen molar-refractivity contribution in [2.45, 2.75) is 38.5 Å². The Bertz CT molecular complexity index is 609. The second-order valence-electron chi connectivity index (χ2n) is 5.64. The molecule has 0 bridgehead atoms. The normalized spacial score (nSPS) is 13.8. The summed E-state index contributed by atoms with van der Waals surface area (Å²) in [6.45, 7) is 7.71. The standard InChI is InChI=1S/C15H24N2O3S/c1-6-16-11(2)12-8-7-9-13(10-12)17-14(18)15(3,4)21(5,19)20/h7-11,16H,6H2,1-5H3,(H,17,18). The van der Waals surface area contributed by atoms with Crippen molar-refractivity contribution in [1.29, 1.82) is 0 Å². The monoisotopic (exact) mass is 312 g/mol. The first-order chi connectivity index (χ1) is 9.59. The molecule has 0 saturated heterocycles. The molecular weight excluding hydrogens is 288 g/mol. The minimum Gasteiger partial charge on any atom is -0.325 e. The molecule has 21 heavy (non-hydrogen) atoms. The van der Waals surface area contributed by atoms with Gasteiger partial charge in [-0.05, 0) is 45.0 Å². The van der Waals surface area contributed by atoms with Crippen LogP contribution in [0.3, 0.4) is 0 Å². The van der Waals surface area contributed by atoms with Gasteiger partial charge in [-0.15, -0.1) is 0 Å². The highest BCUT2D eigenvalue weighted by atomic mass is 32.2. The quantitative estimate of drug-likeness (QED) is 0.843. The molecule has 0 radical (unpaired) electrons. The first kappa shape index (κ1) is 17.7. The maximum atomic E-state index is 12.2. The van der Waals surface area contributed by atoms with Crippen LogP contribution in [0.1, 0.15) is 39.3 Å². The van der Waals surface area contributed by atoms with Crippen molar-refractivity contribution in [3.8, 4) is 0 Å². The summed E-state index contributed by atoms with van der Waals surface area (Å²) in [7, 11) is -3.48. The first-order valence-electron chi connectivity index (χ1n) is 6.94. The lowest BCUT2D eigenvalue weighted by atomic mass is 10.1. The fraction of sp³-hybridized carbons (Fsp3) is 0.533. The number of rotatable bonds is 6. The minimum absolute atomic E-state index is 0.162. The average molecular weight is 312 g/mol. The van der Waals surface area contributed by atoms with Gasteiger partial charge in [0.25, 0.3) is 0 Å². The van der Waals surface area contributed by atoms with Crippen molar-refractivity contribution in [1.82, 2.24) is 5.32 Å². The second-order valence-corrected chi connectivity index (χ2v) is 8.21. The molecule has 5 nitrogen and oxygen atoms in total. The summed E-state index contributed by atoms with van der Waals surface area (Å²) in [5.74, 6) is -0.529. The zero-order valence-electron chi connectivity index (χ0n) is 13.2. The van der Waals surface area contributed by atoms with E-state index in [0.717, 1.165) is 18.4 Å². The fourth-order valence-electron chi connectivity index (χ4n) is 1.76. The summed E-state index contributed by atoms with van der Waals surface area (Å²) in [6, 6.07) is 7.56. The van der Waals surface area contributed by atoms with E-state index in [1.54, 1.807) is 6.07 Å². The second kappa shape index (κ2) is 6.58. The van der Waals surface area contributed by atoms with E-state index in [0.29, 0.717) is 5.69 Å². The molecule has 0 saturated carbocycles. The highest BCUT2D eigenvalue weighted by Gasteiger charge is 2.38. The van der Waals surface area contributed by atoms with E-state index in [9.17, 15) is 13.2 Å². The smallest absolute Gasteiger partial charge is 0.245 e. The Morgan fingerprint density at radius 1 is 1.33 bits per heavy atom. The Hall–Kier alpha value is -1.40. The van der Waals surface area contributed by atoms with Crippen molar-refractivity contribution in [3.63, 3.8) is 0 Å². The molecule has 0 aliphatic rings. The van der Waals surface area contributed by atoms with Gasteiger partial charge < -0.3 is 10.6 Å². The van der Waals surface area contributed by atoms with Gasteiger partial charge in [0.15, 0.2) is 9.84 Å². The van der Waals surface area contributed by atoms with Gasteiger partial charge in [-0.3, -0.25) is 4.79 Å². The number of anilines is 1. The molecule has 0 aromatic heterocycles. The van der Waals surface area contributed by atoms with Crippen molar-refractivity contribution < 1.29 is 13.2 Å². The topological polar surface area (TPSA) is 75.3 Å². The van der Waals surface area contributed by atoms with E-state index in [2.05, 4.69) is 10.6 Å². The lowest BCUT2D eigenvalue weighted by Gasteiger charge is -2.22. The van der Waals surface area contributed by atoms with Crippen LogP contribution in [0.25, 0.3) is 0 Å². The van der Waals surface area contributed by atoms with Crippen LogP contribution in [0.15, 0.2) is 24.3 Å². The minimum atomic E-state index is -3.48. The molecule has 0 aliphatic carbocycles. The fourth-order valence-corrected chi connectivity index (χ4v) is 2.15. The molecule has 6 heteroatoms. The zero-order chi connectivity index (χ0) is 16.3. The van der Waals surface area contributed by atoms with Gasteiger partial charge >= 0.3 is 0 Å². The number of benzene rings is 1. The molecule has 1 amide bonds. The third kappa shape index (κ3) is 4.28. The van der Waals surface area contributed by atoms with Crippen molar-refractivity contribution in [3.05, 3.63) is 29.8 Å². The molecular formula is C15H24N2O3S. The summed E-state index contributed by atoms with van der Waals surface area (Å²) < 4.78 is 21.9. The van der Waals surface area contributed by atoms with Crippen LogP contribution >= 0.6 is 0 Å². The molecule has 1 aromatic rings. The lowest BCUT2D eigenvalue weighted by Crippen LogP contribution is -2.43. The third-order valence-corrected chi connectivity index (χ3v) is 5.67. The van der Waals surface area contributed by atoms with Gasteiger partial charge in [-0.25, -0.2) is 8.42 Å². The predicted octanol–water partition coefficient (Wildman–Crippen LogP) is 2.12. The van der Waals surface area contributed by atoms with Gasteiger partial charge in [0, 0.05) is 18.0 Å². The maximum Gasteiger partial charge on any atom is 0.245 e. The first-order valence-corrected chi connectivity index (χ1v) is 8.83. The van der Waals surface area contributed by atoms with Crippen molar-refractivity contribution >= 4 is 21.4 Å². The zero-order valence-corrected chi connectivity index (χ0v) is 14.0. The van der Waals surface area contributed by atoms with Gasteiger partial charge in [0.1, 0.15) is 4.75 Å². The van der Waals surface area contributed by atoms with Gasteiger partial charge in [-0.2, -0.15) is 0 Å². The summed E-state index contributed by atoms with van der Waals surface area (Å²) in [5, 5.41) is 5.97. The summed E-state index contributed by atoms with van der Waals surface area (Å²) in [4.78, 5) is 12.2. The number of nitrogens with one attached hydrogen (secondary N) is 2. The highest BCUT2D eigenvalue weighted by Crippen LogP contribution is 2.21. The highest BCUT2D eigenvalue weighted by molar-refractivity contribution is 7.92. The Labute approximate surface area is 127 Å². The number of carbonyl (C=O) groups is 1. The van der Waals surface area contributed by atoms with Crippen LogP contribution in [0.4, 0.5) is 5.69 Å². The third-order valence-electron chi connectivity index (χ3n) is 3.63. The molecule has 0 spiro atoms. The number of hydrogen-bond donors (Lipinski definition) is 2. The molecule has 1 atom stereocenters. The largest absolute Gasteiger partial charge is 0.325 e. The number of amides is 1. The van der Waals surface area contributed by atoms with Crippen molar-refractivity contribution in [2.24, 2.45) is 0 Å². The van der Waals surface area contributed by atoms with E-state index in [4.69, 9.17) is 0 Å². The molecule has 2 N–H and O–H groups in total. The van der Waals surface area contributed by atoms with E-state index >= 15 is 0 Å². The summed E-state index contributed by atoms with van der Waals surface area (Å²) in [6.07, 6.45) is 1.07. The lowest BCUT2D eigenvalue weighted by molar-refractivity contribution is -0.117. The molecule has 118 valence electrons. The van der Waals surface area contributed by atoms with E-state index in [1.807, 2.05) is 32.0 Å². The maximum absolute atomic E-state index is 12.2. The number of carbonyl (C=O) groups excluding carboxylic acids is 1. The predicted molar refractivity (Wildman–Crippen MR) is 86.1 cm³/mol. The molecule has 0 heterocycles. The molecule has 0 fully saturated rings. The number of hydrogen-bond acceptors (Lipinski definition) is 4. The van der Waals surface area contributed by atoms with Crippen LogP contribution in [0.2, 0.25) is 0 Å². The Balaban J connectivity index is 2.94. The Morgan fingerprint density at radius 3 is 2.48 bits per heavy atom. The van der Waals surface area contributed by atoms with Crippen LogP contribution in [0, 0.1) is 0 Å². The Kier molecular flexibility index (Phi) is 5.53. The van der Waals surface area contributed by atoms with Crippen LogP contribution in [-0.2, 0) is 14.6 Å². The van der Waals surface area contributed by atoms with Crippen LogP contribution in [0.5, 0.6) is 0 Å². The molecule has 1 rings (SSSR count). The summed E-state index contributed by atoms with van der Waals surface area (Å²) in [5.41, 5.74) is 1.63. The van der Waals surface area contributed by atoms with Crippen LogP contribution < -0.4 is 10.6 Å². The number of sulfone groups is 1. The van der Waals surface area contributed by atoms with Crippen molar-refractivity contribution in [2.75, 3.05) is 18.1 Å². The summed E-state index contributed by atoms with van der Waals surface area (Å²) >= 11 is 0. The van der Waals surface area contributed by atoms with Gasteiger partial charge in [0.2, 0.25) is 5.91 Å². The van der Waals surface area contributed by atoms with E-state index in [-0.39, 0.29) is 6.04 Å². The average Bonchev–Trinajstić information content (AvgIpc) is 2.38. The molecule has 0 aliphatic heterocycles. The van der Waals surface area contributed by atoms with Crippen LogP contribution in [-0.4, -0.2) is 31.9 Å². The van der Waals surface area contributed by atoms with E-state index < -0.39 is 20.5 Å². The van der Waals surface area contributed by atoms with Gasteiger partial charge in [-0.1, -0.05) is 19.1 Å². The molecule has 1 unspecified atom stereocenters. The van der Waals surface area contributed by atoms with Gasteiger partial charge in [0.05, 0.1) is 0 Å². The Morgan fingerprint density at radius 2 is 1.95 bits per heavy atom. The SMILES string of the molecule is CCNC(C)c1cccc(NC(=O)C(C)(C)S(C)(=O)=O)c1. The van der Waals surface area contributed by atoms with E-state index in [1.165, 1.54) is 13.8 Å². The molecule has 1 aromatic carbocycles.